The van der Waals surface area contributed by atoms with Crippen LogP contribution in [0.3, 0.4) is 0 Å². The van der Waals surface area contributed by atoms with Crippen LogP contribution in [0.25, 0.3) is 0 Å². The average Bonchev–Trinajstić information content (AvgIpc) is 2.31. The highest BCUT2D eigenvalue weighted by Gasteiger charge is 2.23. The first-order valence-electron chi connectivity index (χ1n) is 6.62. The number of carboxylic acids is 2. The van der Waals surface area contributed by atoms with Crippen LogP contribution in [-0.2, 0) is 14.4 Å². The van der Waals surface area contributed by atoms with E-state index in [0.29, 0.717) is 13.0 Å². The second-order valence-electron chi connectivity index (χ2n) is 5.59. The van der Waals surface area contributed by atoms with Crippen molar-refractivity contribution in [2.75, 3.05) is 6.54 Å². The van der Waals surface area contributed by atoms with E-state index in [2.05, 4.69) is 5.32 Å². The third kappa shape index (κ3) is 8.47. The smallest absolute Gasteiger partial charge is 0.326 e. The summed E-state index contributed by atoms with van der Waals surface area (Å²) < 4.78 is 0. The minimum atomic E-state index is -1.22. The van der Waals surface area contributed by atoms with Gasteiger partial charge in [0.05, 0.1) is 0 Å². The van der Waals surface area contributed by atoms with E-state index >= 15 is 0 Å². The van der Waals surface area contributed by atoms with E-state index < -0.39 is 18.0 Å². The molecule has 116 valence electrons. The zero-order valence-electron chi connectivity index (χ0n) is 12.0. The highest BCUT2D eigenvalue weighted by atomic mass is 16.4. The fourth-order valence-corrected chi connectivity index (χ4v) is 1.76. The lowest BCUT2D eigenvalue weighted by atomic mass is 9.84. The Morgan fingerprint density at radius 1 is 1.15 bits per heavy atom. The van der Waals surface area contributed by atoms with Gasteiger partial charge in [0, 0.05) is 12.8 Å². The Morgan fingerprint density at radius 2 is 1.75 bits per heavy atom. The Kier molecular flexibility index (Phi) is 7.83. The Bertz CT molecular complexity index is 355. The molecule has 0 aromatic heterocycles. The van der Waals surface area contributed by atoms with Crippen molar-refractivity contribution >= 4 is 17.8 Å². The van der Waals surface area contributed by atoms with E-state index in [1.54, 1.807) is 0 Å². The molecule has 0 saturated heterocycles. The first-order valence-corrected chi connectivity index (χ1v) is 6.62. The van der Waals surface area contributed by atoms with Gasteiger partial charge in [0.25, 0.3) is 0 Å². The van der Waals surface area contributed by atoms with Crippen LogP contribution < -0.4 is 11.1 Å². The van der Waals surface area contributed by atoms with E-state index in [9.17, 15) is 14.4 Å². The van der Waals surface area contributed by atoms with Gasteiger partial charge in [-0.25, -0.2) is 4.79 Å². The molecule has 7 nitrogen and oxygen atoms in total. The van der Waals surface area contributed by atoms with E-state index in [0.717, 1.165) is 6.42 Å². The molecule has 0 rings (SSSR count). The number of hydrogen-bond donors (Lipinski definition) is 4. The highest BCUT2D eigenvalue weighted by molar-refractivity contribution is 5.83. The molecule has 1 amide bonds. The van der Waals surface area contributed by atoms with Crippen molar-refractivity contribution in [2.24, 2.45) is 11.1 Å². The molecule has 0 bridgehead atoms. The Morgan fingerprint density at radius 3 is 2.20 bits per heavy atom. The topological polar surface area (TPSA) is 130 Å². The van der Waals surface area contributed by atoms with Gasteiger partial charge < -0.3 is 21.3 Å². The predicted molar refractivity (Wildman–Crippen MR) is 73.1 cm³/mol. The highest BCUT2D eigenvalue weighted by Crippen LogP contribution is 2.25. The van der Waals surface area contributed by atoms with Crippen LogP contribution in [0, 0.1) is 5.41 Å². The quantitative estimate of drug-likeness (QED) is 0.465. The van der Waals surface area contributed by atoms with Gasteiger partial charge in [-0.05, 0) is 31.2 Å². The van der Waals surface area contributed by atoms with Crippen molar-refractivity contribution in [3.8, 4) is 0 Å². The molecule has 0 spiro atoms. The van der Waals surface area contributed by atoms with Gasteiger partial charge in [0.2, 0.25) is 5.91 Å². The molecule has 1 atom stereocenters. The Balaban J connectivity index is 4.26. The molecular formula is C13H24N2O5. The maximum absolute atomic E-state index is 11.7. The zero-order chi connectivity index (χ0) is 15.8. The van der Waals surface area contributed by atoms with Crippen LogP contribution in [0.2, 0.25) is 0 Å². The number of carbonyl (C=O) groups is 3. The lowest BCUT2D eigenvalue weighted by Gasteiger charge is -2.23. The van der Waals surface area contributed by atoms with Crippen LogP contribution in [-0.4, -0.2) is 40.6 Å². The summed E-state index contributed by atoms with van der Waals surface area (Å²) in [6, 6.07) is -1.16. The number of nitrogens with one attached hydrogen (secondary N) is 1. The molecule has 5 N–H and O–H groups in total. The second-order valence-corrected chi connectivity index (χ2v) is 5.59. The first-order chi connectivity index (χ1) is 9.18. The normalized spacial score (nSPS) is 12.8. The number of nitrogens with two attached hydrogens (primary N) is 1. The molecular weight excluding hydrogens is 264 g/mol. The molecule has 0 aliphatic heterocycles. The summed E-state index contributed by atoms with van der Waals surface area (Å²) in [5.74, 6) is -2.69. The Hall–Kier alpha value is -1.63. The lowest BCUT2D eigenvalue weighted by Crippen LogP contribution is -2.41. The molecule has 0 aliphatic rings. The maximum Gasteiger partial charge on any atom is 0.326 e. The molecule has 0 radical (unpaired) electrons. The monoisotopic (exact) mass is 288 g/mol. The third-order valence-electron chi connectivity index (χ3n) is 3.13. The number of hydrogen-bond acceptors (Lipinski definition) is 4. The van der Waals surface area contributed by atoms with Crippen LogP contribution >= 0.6 is 0 Å². The van der Waals surface area contributed by atoms with Crippen molar-refractivity contribution in [1.29, 1.82) is 0 Å². The fraction of sp³-hybridized carbons (Fsp3) is 0.769. The standard InChI is InChI=1S/C13H24N2O5/c1-13(2,7-8-14)6-5-10(16)15-9(12(19)20)3-4-11(17)18/h9H,3-8,14H2,1-2H3,(H,15,16)(H,17,18)(H,19,20). The molecule has 0 heterocycles. The van der Waals surface area contributed by atoms with Gasteiger partial charge in [-0.15, -0.1) is 0 Å². The summed E-state index contributed by atoms with van der Waals surface area (Å²) in [7, 11) is 0. The van der Waals surface area contributed by atoms with Crippen molar-refractivity contribution in [3.63, 3.8) is 0 Å². The molecule has 0 aromatic carbocycles. The van der Waals surface area contributed by atoms with Gasteiger partial charge in [-0.1, -0.05) is 13.8 Å². The average molecular weight is 288 g/mol. The maximum atomic E-state index is 11.7. The third-order valence-corrected chi connectivity index (χ3v) is 3.13. The van der Waals surface area contributed by atoms with E-state index in [-0.39, 0.29) is 30.6 Å². The van der Waals surface area contributed by atoms with Crippen molar-refractivity contribution in [1.82, 2.24) is 5.32 Å². The molecule has 0 fully saturated rings. The Labute approximate surface area is 118 Å². The summed E-state index contributed by atoms with van der Waals surface area (Å²) >= 11 is 0. The van der Waals surface area contributed by atoms with Gasteiger partial charge in [0.1, 0.15) is 6.04 Å². The minimum Gasteiger partial charge on any atom is -0.481 e. The molecule has 7 heteroatoms. The van der Waals surface area contributed by atoms with Gasteiger partial charge in [0.15, 0.2) is 0 Å². The van der Waals surface area contributed by atoms with E-state index in [1.807, 2.05) is 13.8 Å². The van der Waals surface area contributed by atoms with Crippen molar-refractivity contribution in [2.45, 2.75) is 52.0 Å². The lowest BCUT2D eigenvalue weighted by molar-refractivity contribution is -0.143. The van der Waals surface area contributed by atoms with Crippen LogP contribution in [0.1, 0.15) is 46.0 Å². The largest absolute Gasteiger partial charge is 0.481 e. The number of aliphatic carboxylic acids is 2. The molecule has 0 aliphatic carbocycles. The van der Waals surface area contributed by atoms with Crippen LogP contribution in [0.4, 0.5) is 0 Å². The van der Waals surface area contributed by atoms with Crippen molar-refractivity contribution < 1.29 is 24.6 Å². The van der Waals surface area contributed by atoms with E-state index in [4.69, 9.17) is 15.9 Å². The molecule has 1 unspecified atom stereocenters. The zero-order valence-corrected chi connectivity index (χ0v) is 12.0. The first kappa shape index (κ1) is 18.4. The second kappa shape index (κ2) is 8.52. The SMILES string of the molecule is CC(C)(CCN)CCC(=O)NC(CCC(=O)O)C(=O)O. The van der Waals surface area contributed by atoms with Crippen LogP contribution in [0.5, 0.6) is 0 Å². The van der Waals surface area contributed by atoms with Gasteiger partial charge in [-0.3, -0.25) is 9.59 Å². The fourth-order valence-electron chi connectivity index (χ4n) is 1.76. The van der Waals surface area contributed by atoms with Gasteiger partial charge in [-0.2, -0.15) is 0 Å². The summed E-state index contributed by atoms with van der Waals surface area (Å²) in [4.78, 5) is 33.1. The molecule has 0 aromatic rings. The number of amides is 1. The van der Waals surface area contributed by atoms with Crippen molar-refractivity contribution in [3.05, 3.63) is 0 Å². The summed E-state index contributed by atoms with van der Waals surface area (Å²) in [6.07, 6.45) is 1.16. The van der Waals surface area contributed by atoms with Gasteiger partial charge >= 0.3 is 11.9 Å². The molecule has 20 heavy (non-hydrogen) atoms. The number of carbonyl (C=O) groups excluding carboxylic acids is 1. The predicted octanol–water partition coefficient (Wildman–Crippen LogP) is 0.576. The summed E-state index contributed by atoms with van der Waals surface area (Å²) in [6.45, 7) is 4.52. The minimum absolute atomic E-state index is 0.0775. The number of rotatable bonds is 10. The number of carboxylic acid groups (broad SMARTS) is 2. The summed E-state index contributed by atoms with van der Waals surface area (Å²) in [5.41, 5.74) is 5.40. The van der Waals surface area contributed by atoms with Crippen LogP contribution in [0.15, 0.2) is 0 Å². The van der Waals surface area contributed by atoms with E-state index in [1.165, 1.54) is 0 Å². The summed E-state index contributed by atoms with van der Waals surface area (Å²) in [5, 5.41) is 19.8. The molecule has 0 saturated carbocycles.